The van der Waals surface area contributed by atoms with Gasteiger partial charge in [-0.25, -0.2) is 0 Å². The number of nitrogens with zero attached hydrogens (tertiary/aromatic N) is 2. The van der Waals surface area contributed by atoms with Crippen LogP contribution in [0, 0.1) is 0 Å². The second-order valence-electron chi connectivity index (χ2n) is 4.27. The lowest BCUT2D eigenvalue weighted by atomic mass is 10.1. The fourth-order valence-electron chi connectivity index (χ4n) is 1.81. The lowest BCUT2D eigenvalue weighted by Gasteiger charge is -2.02. The Bertz CT molecular complexity index is 592. The lowest BCUT2D eigenvalue weighted by Crippen LogP contribution is -2.26. The Morgan fingerprint density at radius 1 is 1.42 bits per heavy atom. The first-order valence-corrected chi connectivity index (χ1v) is 6.58. The first-order valence-electron chi connectivity index (χ1n) is 6.20. The average Bonchev–Trinajstić information content (AvgIpc) is 2.78. The summed E-state index contributed by atoms with van der Waals surface area (Å²) in [6.07, 6.45) is 0.904. The van der Waals surface area contributed by atoms with Gasteiger partial charge in [-0.15, -0.1) is 0 Å². The van der Waals surface area contributed by atoms with E-state index < -0.39 is 0 Å². The largest absolute Gasteiger partial charge is 0.351 e. The zero-order valence-corrected chi connectivity index (χ0v) is 11.7. The van der Waals surface area contributed by atoms with Crippen LogP contribution in [0.25, 0.3) is 11.3 Å². The van der Waals surface area contributed by atoms with Crippen molar-refractivity contribution >= 4 is 17.5 Å². The third-order valence-corrected chi connectivity index (χ3v) is 3.13. The summed E-state index contributed by atoms with van der Waals surface area (Å²) in [7, 11) is 1.75. The number of hydrogen-bond donors (Lipinski definition) is 1. The Morgan fingerprint density at radius 2 is 2.16 bits per heavy atom. The molecule has 0 fully saturated rings. The monoisotopic (exact) mass is 277 g/mol. The molecule has 0 spiro atoms. The first-order chi connectivity index (χ1) is 9.13. The molecule has 0 aliphatic rings. The summed E-state index contributed by atoms with van der Waals surface area (Å²) >= 11 is 6.13. The highest BCUT2D eigenvalue weighted by molar-refractivity contribution is 6.33. The van der Waals surface area contributed by atoms with Gasteiger partial charge in [-0.05, 0) is 18.6 Å². The van der Waals surface area contributed by atoms with Crippen LogP contribution >= 0.6 is 11.6 Å². The van der Waals surface area contributed by atoms with E-state index in [1.807, 2.05) is 31.2 Å². The molecule has 0 bridgehead atoms. The van der Waals surface area contributed by atoms with Crippen molar-refractivity contribution in [3.63, 3.8) is 0 Å². The van der Waals surface area contributed by atoms with Gasteiger partial charge in [0.2, 0.25) is 0 Å². The molecule has 0 atom stereocenters. The lowest BCUT2D eigenvalue weighted by molar-refractivity contribution is 0.0944. The van der Waals surface area contributed by atoms with E-state index in [-0.39, 0.29) is 5.91 Å². The molecule has 2 aromatic rings. The SMILES string of the molecule is CCCNC(=O)c1cc(-c2ccccc2Cl)nn1C. The topological polar surface area (TPSA) is 46.9 Å². The zero-order valence-electron chi connectivity index (χ0n) is 11.0. The van der Waals surface area contributed by atoms with Crippen LogP contribution in [0.5, 0.6) is 0 Å². The van der Waals surface area contributed by atoms with E-state index in [0.29, 0.717) is 23.0 Å². The van der Waals surface area contributed by atoms with Crippen LogP contribution in [0.2, 0.25) is 5.02 Å². The molecule has 1 N–H and O–H groups in total. The molecule has 5 heteroatoms. The van der Waals surface area contributed by atoms with Crippen LogP contribution in [0.4, 0.5) is 0 Å². The van der Waals surface area contributed by atoms with E-state index >= 15 is 0 Å². The highest BCUT2D eigenvalue weighted by atomic mass is 35.5. The number of nitrogens with one attached hydrogen (secondary N) is 1. The predicted octanol–water partition coefficient (Wildman–Crippen LogP) is 2.88. The minimum absolute atomic E-state index is 0.116. The number of rotatable bonds is 4. The van der Waals surface area contributed by atoms with E-state index in [1.54, 1.807) is 17.8 Å². The van der Waals surface area contributed by atoms with Crippen LogP contribution in [0.1, 0.15) is 23.8 Å². The van der Waals surface area contributed by atoms with E-state index in [9.17, 15) is 4.79 Å². The van der Waals surface area contributed by atoms with Crippen molar-refractivity contribution in [2.24, 2.45) is 7.05 Å². The first kappa shape index (κ1) is 13.6. The van der Waals surface area contributed by atoms with Gasteiger partial charge in [0.15, 0.2) is 0 Å². The molecule has 1 aromatic carbocycles. The maximum Gasteiger partial charge on any atom is 0.269 e. The quantitative estimate of drug-likeness (QED) is 0.934. The highest BCUT2D eigenvalue weighted by Crippen LogP contribution is 2.26. The third kappa shape index (κ3) is 2.96. The Kier molecular flexibility index (Phi) is 4.22. The molecule has 4 nitrogen and oxygen atoms in total. The number of amides is 1. The van der Waals surface area contributed by atoms with Crippen molar-refractivity contribution in [1.82, 2.24) is 15.1 Å². The van der Waals surface area contributed by atoms with Gasteiger partial charge >= 0.3 is 0 Å². The minimum atomic E-state index is -0.116. The number of halogens is 1. The summed E-state index contributed by atoms with van der Waals surface area (Å²) in [6, 6.07) is 9.21. The van der Waals surface area contributed by atoms with Crippen molar-refractivity contribution in [2.45, 2.75) is 13.3 Å². The van der Waals surface area contributed by atoms with Crippen LogP contribution < -0.4 is 5.32 Å². The van der Waals surface area contributed by atoms with Crippen molar-refractivity contribution in [3.8, 4) is 11.3 Å². The van der Waals surface area contributed by atoms with E-state index in [4.69, 9.17) is 11.6 Å². The average molecular weight is 278 g/mol. The molecule has 1 aromatic heterocycles. The molecule has 19 heavy (non-hydrogen) atoms. The maximum atomic E-state index is 11.9. The number of aromatic nitrogens is 2. The Hall–Kier alpha value is -1.81. The van der Waals surface area contributed by atoms with Gasteiger partial charge in [0, 0.05) is 19.2 Å². The normalized spacial score (nSPS) is 10.5. The highest BCUT2D eigenvalue weighted by Gasteiger charge is 2.14. The number of benzene rings is 1. The van der Waals surface area contributed by atoms with E-state index in [1.165, 1.54) is 0 Å². The molecule has 0 unspecified atom stereocenters. The van der Waals surface area contributed by atoms with Gasteiger partial charge < -0.3 is 5.32 Å². The summed E-state index contributed by atoms with van der Waals surface area (Å²) in [6.45, 7) is 2.67. The predicted molar refractivity (Wildman–Crippen MR) is 76.3 cm³/mol. The minimum Gasteiger partial charge on any atom is -0.351 e. The van der Waals surface area contributed by atoms with Gasteiger partial charge in [-0.2, -0.15) is 5.10 Å². The molecule has 0 saturated carbocycles. The summed E-state index contributed by atoms with van der Waals surface area (Å²) < 4.78 is 1.57. The molecular weight excluding hydrogens is 262 g/mol. The number of hydrogen-bond acceptors (Lipinski definition) is 2. The van der Waals surface area contributed by atoms with Crippen LogP contribution in [-0.4, -0.2) is 22.2 Å². The molecule has 1 heterocycles. The van der Waals surface area contributed by atoms with Crippen molar-refractivity contribution in [3.05, 3.63) is 41.0 Å². The number of carbonyl (C=O) groups excluding carboxylic acids is 1. The molecule has 100 valence electrons. The van der Waals surface area contributed by atoms with Gasteiger partial charge in [-0.3, -0.25) is 9.48 Å². The van der Waals surface area contributed by atoms with Gasteiger partial charge in [0.1, 0.15) is 5.69 Å². The van der Waals surface area contributed by atoms with Crippen LogP contribution in [-0.2, 0) is 7.05 Å². The van der Waals surface area contributed by atoms with Crippen LogP contribution in [0.15, 0.2) is 30.3 Å². The van der Waals surface area contributed by atoms with E-state index in [2.05, 4.69) is 10.4 Å². The number of carbonyl (C=O) groups is 1. The van der Waals surface area contributed by atoms with E-state index in [0.717, 1.165) is 12.0 Å². The molecule has 0 saturated heterocycles. The molecule has 1 amide bonds. The standard InChI is InChI=1S/C14H16ClN3O/c1-3-8-16-14(19)13-9-12(17-18(13)2)10-6-4-5-7-11(10)15/h4-7,9H,3,8H2,1-2H3,(H,16,19). The zero-order chi connectivity index (χ0) is 13.8. The Balaban J connectivity index is 2.31. The van der Waals surface area contributed by atoms with Gasteiger partial charge in [0.25, 0.3) is 5.91 Å². The summed E-state index contributed by atoms with van der Waals surface area (Å²) in [5, 5.41) is 7.80. The molecule has 0 aliphatic carbocycles. The fraction of sp³-hybridized carbons (Fsp3) is 0.286. The van der Waals surface area contributed by atoms with Gasteiger partial charge in [0.05, 0.1) is 10.7 Å². The Morgan fingerprint density at radius 3 is 2.84 bits per heavy atom. The molecule has 0 radical (unpaired) electrons. The summed E-state index contributed by atoms with van der Waals surface area (Å²) in [4.78, 5) is 11.9. The maximum absolute atomic E-state index is 11.9. The fourth-order valence-corrected chi connectivity index (χ4v) is 2.04. The second-order valence-corrected chi connectivity index (χ2v) is 4.68. The van der Waals surface area contributed by atoms with Crippen LogP contribution in [0.3, 0.4) is 0 Å². The second kappa shape index (κ2) is 5.89. The third-order valence-electron chi connectivity index (χ3n) is 2.80. The van der Waals surface area contributed by atoms with Crippen molar-refractivity contribution in [1.29, 1.82) is 0 Å². The summed E-state index contributed by atoms with van der Waals surface area (Å²) in [5.74, 6) is -0.116. The van der Waals surface area contributed by atoms with Crippen molar-refractivity contribution in [2.75, 3.05) is 6.54 Å². The molecule has 0 aliphatic heterocycles. The van der Waals surface area contributed by atoms with Crippen molar-refractivity contribution < 1.29 is 4.79 Å². The number of aryl methyl sites for hydroxylation is 1. The molecule has 2 rings (SSSR count). The smallest absolute Gasteiger partial charge is 0.269 e. The Labute approximate surface area is 117 Å². The van der Waals surface area contributed by atoms with Gasteiger partial charge in [-0.1, -0.05) is 36.7 Å². The summed E-state index contributed by atoms with van der Waals surface area (Å²) in [5.41, 5.74) is 2.06. The molecular formula is C14H16ClN3O.